The summed E-state index contributed by atoms with van der Waals surface area (Å²) in [5, 5.41) is 15.1. The van der Waals surface area contributed by atoms with Crippen molar-refractivity contribution in [3.05, 3.63) is 81.9 Å². The van der Waals surface area contributed by atoms with Crippen molar-refractivity contribution in [1.82, 2.24) is 14.9 Å². The Labute approximate surface area is 236 Å². The first-order valence-corrected chi connectivity index (χ1v) is 13.2. The molecule has 0 aliphatic carbocycles. The van der Waals surface area contributed by atoms with Gasteiger partial charge in [0.15, 0.2) is 11.4 Å². The Kier molecular flexibility index (Phi) is 9.82. The van der Waals surface area contributed by atoms with E-state index in [-0.39, 0.29) is 43.0 Å². The number of aliphatic hydroxyl groups excluding tert-OH is 1. The molecule has 3 N–H and O–H groups in total. The Morgan fingerprint density at radius 2 is 1.90 bits per heavy atom. The maximum absolute atomic E-state index is 12.3. The average Bonchev–Trinajstić information content (AvgIpc) is 3.25. The van der Waals surface area contributed by atoms with Gasteiger partial charge in [-0.2, -0.15) is 0 Å². The molecule has 2 amide bonds. The van der Waals surface area contributed by atoms with E-state index in [1.807, 2.05) is 37.3 Å². The number of carbonyl (C=O) groups is 2. The highest BCUT2D eigenvalue weighted by Crippen LogP contribution is 2.42. The van der Waals surface area contributed by atoms with Gasteiger partial charge in [0.1, 0.15) is 11.7 Å². The SMILES string of the molecule is CCOC(=O)CNC(=O)Nc1cccc([C@@H]2O[C@H](Cn3cnc(Cl)c3Cl)[C@H](C)[C@H](c3ccc(CO)cc3)O2)c1. The molecule has 4 atom stereocenters. The third-order valence-corrected chi connectivity index (χ3v) is 7.12. The molecule has 39 heavy (non-hydrogen) atoms. The largest absolute Gasteiger partial charge is 0.465 e. The van der Waals surface area contributed by atoms with E-state index in [9.17, 15) is 14.7 Å². The summed E-state index contributed by atoms with van der Waals surface area (Å²) >= 11 is 12.4. The van der Waals surface area contributed by atoms with Crippen molar-refractivity contribution in [1.29, 1.82) is 0 Å². The van der Waals surface area contributed by atoms with Crippen molar-refractivity contribution in [2.45, 2.75) is 45.5 Å². The summed E-state index contributed by atoms with van der Waals surface area (Å²) in [6, 6.07) is 14.1. The number of amides is 2. The number of aromatic nitrogens is 2. The number of aliphatic hydroxyl groups is 1. The van der Waals surface area contributed by atoms with Crippen LogP contribution in [0, 0.1) is 5.92 Å². The number of halogens is 2. The van der Waals surface area contributed by atoms with E-state index in [4.69, 9.17) is 37.4 Å². The van der Waals surface area contributed by atoms with Gasteiger partial charge in [0.25, 0.3) is 0 Å². The molecule has 0 unspecified atom stereocenters. The van der Waals surface area contributed by atoms with Gasteiger partial charge in [-0.25, -0.2) is 9.78 Å². The zero-order chi connectivity index (χ0) is 27.9. The van der Waals surface area contributed by atoms with Crippen molar-refractivity contribution in [2.75, 3.05) is 18.5 Å². The summed E-state index contributed by atoms with van der Waals surface area (Å²) in [5.74, 6) is -0.614. The Hall–Kier alpha value is -3.15. The van der Waals surface area contributed by atoms with Gasteiger partial charge >= 0.3 is 12.0 Å². The standard InChI is InChI=1S/C27H30Cl2N4O6/c1-3-37-22(35)12-30-27(36)32-20-6-4-5-19(11-20)26-38-21(13-33-15-31-24(28)25(33)29)16(2)23(39-26)18-9-7-17(14-34)8-10-18/h4-11,15-16,21,23,26,34H,3,12-14H2,1-2H3,(H2,30,32,36)/t16-,21+,23+,26+/m0/s1. The lowest BCUT2D eigenvalue weighted by molar-refractivity contribution is -0.276. The highest BCUT2D eigenvalue weighted by molar-refractivity contribution is 6.40. The molecule has 0 spiro atoms. The van der Waals surface area contributed by atoms with E-state index in [1.165, 1.54) is 0 Å². The van der Waals surface area contributed by atoms with Gasteiger partial charge in [-0.1, -0.05) is 66.5 Å². The number of hydrogen-bond donors (Lipinski definition) is 3. The van der Waals surface area contributed by atoms with Crippen molar-refractivity contribution < 1.29 is 28.9 Å². The van der Waals surface area contributed by atoms with Crippen LogP contribution in [0.3, 0.4) is 0 Å². The number of esters is 1. The van der Waals surface area contributed by atoms with Crippen LogP contribution in [0.4, 0.5) is 10.5 Å². The monoisotopic (exact) mass is 576 g/mol. The first kappa shape index (κ1) is 28.8. The van der Waals surface area contributed by atoms with Crippen LogP contribution in [0.25, 0.3) is 0 Å². The third kappa shape index (κ3) is 7.28. The van der Waals surface area contributed by atoms with E-state index >= 15 is 0 Å². The van der Waals surface area contributed by atoms with E-state index in [0.29, 0.717) is 22.9 Å². The molecule has 1 aliphatic rings. The topological polar surface area (TPSA) is 124 Å². The Balaban J connectivity index is 1.55. The molecule has 0 saturated carbocycles. The summed E-state index contributed by atoms with van der Waals surface area (Å²) in [6.07, 6.45) is 0.119. The summed E-state index contributed by atoms with van der Waals surface area (Å²) in [6.45, 7) is 4.05. The molecule has 0 radical (unpaired) electrons. The summed E-state index contributed by atoms with van der Waals surface area (Å²) in [4.78, 5) is 27.9. The second-order valence-corrected chi connectivity index (χ2v) is 9.75. The first-order chi connectivity index (χ1) is 18.8. The molecular formula is C27H30Cl2N4O6. The normalized spacial score (nSPS) is 20.8. The summed E-state index contributed by atoms with van der Waals surface area (Å²) in [5.41, 5.74) is 2.90. The minimum atomic E-state index is -0.768. The Morgan fingerprint density at radius 3 is 2.56 bits per heavy atom. The second kappa shape index (κ2) is 13.3. The van der Waals surface area contributed by atoms with E-state index in [2.05, 4.69) is 15.6 Å². The number of nitrogens with one attached hydrogen (secondary N) is 2. The number of anilines is 1. The summed E-state index contributed by atoms with van der Waals surface area (Å²) in [7, 11) is 0. The number of imidazole rings is 1. The van der Waals surface area contributed by atoms with Gasteiger partial charge in [0.2, 0.25) is 0 Å². The number of hydrogen-bond acceptors (Lipinski definition) is 7. The van der Waals surface area contributed by atoms with Crippen LogP contribution in [0.1, 0.15) is 42.9 Å². The van der Waals surface area contributed by atoms with Crippen LogP contribution in [-0.4, -0.2) is 45.9 Å². The predicted molar refractivity (Wildman–Crippen MR) is 145 cm³/mol. The number of benzene rings is 2. The smallest absolute Gasteiger partial charge is 0.325 e. The molecule has 12 heteroatoms. The second-order valence-electron chi connectivity index (χ2n) is 9.04. The van der Waals surface area contributed by atoms with E-state index < -0.39 is 18.3 Å². The zero-order valence-corrected chi connectivity index (χ0v) is 23.0. The maximum Gasteiger partial charge on any atom is 0.325 e. The highest BCUT2D eigenvalue weighted by Gasteiger charge is 2.39. The molecule has 4 rings (SSSR count). The lowest BCUT2D eigenvalue weighted by Gasteiger charge is -2.41. The molecule has 208 valence electrons. The van der Waals surface area contributed by atoms with Crippen LogP contribution in [0.15, 0.2) is 54.9 Å². The van der Waals surface area contributed by atoms with Gasteiger partial charge in [0, 0.05) is 17.2 Å². The molecule has 1 aromatic heterocycles. The predicted octanol–water partition coefficient (Wildman–Crippen LogP) is 4.86. The van der Waals surface area contributed by atoms with Crippen LogP contribution >= 0.6 is 23.2 Å². The molecule has 0 bridgehead atoms. The minimum absolute atomic E-state index is 0.0528. The third-order valence-electron chi connectivity index (χ3n) is 6.35. The molecular weight excluding hydrogens is 547 g/mol. The Bertz CT molecular complexity index is 1290. The molecule has 1 saturated heterocycles. The van der Waals surface area contributed by atoms with Crippen molar-refractivity contribution in [3.8, 4) is 0 Å². The van der Waals surface area contributed by atoms with Crippen LogP contribution in [0.5, 0.6) is 0 Å². The fourth-order valence-electron chi connectivity index (χ4n) is 4.29. The lowest BCUT2D eigenvalue weighted by atomic mass is 9.90. The Morgan fingerprint density at radius 1 is 1.13 bits per heavy atom. The van der Waals surface area contributed by atoms with Gasteiger partial charge in [-0.05, 0) is 30.2 Å². The number of carbonyl (C=O) groups excluding carboxylic acids is 2. The fraction of sp³-hybridized carbons (Fsp3) is 0.370. The van der Waals surface area contributed by atoms with E-state index in [0.717, 1.165) is 11.1 Å². The fourth-order valence-corrected chi connectivity index (χ4v) is 4.61. The average molecular weight is 577 g/mol. The first-order valence-electron chi connectivity index (χ1n) is 12.5. The van der Waals surface area contributed by atoms with Gasteiger partial charge < -0.3 is 34.5 Å². The lowest BCUT2D eigenvalue weighted by Crippen LogP contribution is -2.39. The highest BCUT2D eigenvalue weighted by atomic mass is 35.5. The number of nitrogens with zero attached hydrogens (tertiary/aromatic N) is 2. The van der Waals surface area contributed by atoms with Crippen molar-refractivity contribution >= 4 is 40.9 Å². The quantitative estimate of drug-likeness (QED) is 0.311. The maximum atomic E-state index is 12.3. The molecule has 10 nitrogen and oxygen atoms in total. The van der Waals surface area contributed by atoms with Gasteiger partial charge in [-0.3, -0.25) is 4.79 Å². The molecule has 2 heterocycles. The van der Waals surface area contributed by atoms with Crippen molar-refractivity contribution in [2.24, 2.45) is 5.92 Å². The number of rotatable bonds is 9. The number of ether oxygens (including phenoxy) is 3. The van der Waals surface area contributed by atoms with Crippen LogP contribution < -0.4 is 10.6 Å². The van der Waals surface area contributed by atoms with Gasteiger partial charge in [0.05, 0.1) is 38.3 Å². The molecule has 3 aromatic rings. The van der Waals surface area contributed by atoms with Crippen LogP contribution in [0.2, 0.25) is 10.3 Å². The van der Waals surface area contributed by atoms with Crippen molar-refractivity contribution in [3.63, 3.8) is 0 Å². The number of urea groups is 1. The molecule has 2 aromatic carbocycles. The molecule has 1 fully saturated rings. The minimum Gasteiger partial charge on any atom is -0.465 e. The molecule has 1 aliphatic heterocycles. The zero-order valence-electron chi connectivity index (χ0n) is 21.5. The van der Waals surface area contributed by atoms with Gasteiger partial charge in [-0.15, -0.1) is 0 Å². The van der Waals surface area contributed by atoms with Crippen LogP contribution in [-0.2, 0) is 32.2 Å². The van der Waals surface area contributed by atoms with E-state index in [1.54, 1.807) is 36.0 Å². The summed E-state index contributed by atoms with van der Waals surface area (Å²) < 4.78 is 19.4.